The molecule has 1 aliphatic heterocycles. The van der Waals surface area contributed by atoms with E-state index in [0.29, 0.717) is 10.7 Å². The van der Waals surface area contributed by atoms with E-state index < -0.39 is 0 Å². The van der Waals surface area contributed by atoms with Crippen LogP contribution in [-0.4, -0.2) is 55.6 Å². The topological polar surface area (TPSA) is 48.9 Å². The number of hydrazone groups is 1. The van der Waals surface area contributed by atoms with Crippen LogP contribution in [0.4, 0.5) is 4.39 Å². The third-order valence-corrected chi connectivity index (χ3v) is 3.33. The van der Waals surface area contributed by atoms with Gasteiger partial charge in [-0.2, -0.15) is 5.10 Å². The summed E-state index contributed by atoms with van der Waals surface area (Å²) in [5, 5.41) is 7.40. The first-order chi connectivity index (χ1) is 10.3. The quantitative estimate of drug-likeness (QED) is 0.482. The first kappa shape index (κ1) is 15.8. The number of hydrogen-bond acceptors (Lipinski definition) is 4. The fourth-order valence-electron chi connectivity index (χ4n) is 1.93. The smallest absolute Gasteiger partial charge is 0.187 e. The number of benzene rings is 1. The van der Waals surface area contributed by atoms with E-state index in [9.17, 15) is 4.39 Å². The lowest BCUT2D eigenvalue weighted by molar-refractivity contribution is 0.0389. The van der Waals surface area contributed by atoms with Crippen molar-refractivity contribution in [3.05, 3.63) is 35.6 Å². The van der Waals surface area contributed by atoms with Crippen LogP contribution in [0.15, 0.2) is 29.4 Å². The second kappa shape index (κ2) is 8.66. The van der Waals surface area contributed by atoms with Crippen molar-refractivity contribution < 1.29 is 9.13 Å². The van der Waals surface area contributed by atoms with Gasteiger partial charge in [0.05, 0.1) is 19.4 Å². The maximum Gasteiger partial charge on any atom is 0.187 e. The summed E-state index contributed by atoms with van der Waals surface area (Å²) in [6.07, 6.45) is 1.41. The van der Waals surface area contributed by atoms with Gasteiger partial charge in [-0.25, -0.2) is 4.39 Å². The van der Waals surface area contributed by atoms with Crippen molar-refractivity contribution >= 4 is 23.5 Å². The number of morpholine rings is 1. The number of rotatable bonds is 5. The van der Waals surface area contributed by atoms with E-state index in [1.165, 1.54) is 12.3 Å². The monoisotopic (exact) mass is 310 g/mol. The second-order valence-electron chi connectivity index (χ2n) is 4.60. The van der Waals surface area contributed by atoms with Crippen molar-refractivity contribution in [2.75, 3.05) is 39.4 Å². The van der Waals surface area contributed by atoms with E-state index in [4.69, 9.17) is 17.0 Å². The molecular formula is C14H19FN4OS. The van der Waals surface area contributed by atoms with Gasteiger partial charge in [0.1, 0.15) is 5.82 Å². The molecule has 21 heavy (non-hydrogen) atoms. The summed E-state index contributed by atoms with van der Waals surface area (Å²) in [5.41, 5.74) is 3.09. The molecule has 1 heterocycles. The van der Waals surface area contributed by atoms with Gasteiger partial charge in [-0.05, 0) is 18.3 Å². The van der Waals surface area contributed by atoms with Crippen LogP contribution < -0.4 is 10.7 Å². The van der Waals surface area contributed by atoms with Crippen molar-refractivity contribution in [1.82, 2.24) is 15.6 Å². The molecule has 0 unspecified atom stereocenters. The first-order valence-electron chi connectivity index (χ1n) is 6.87. The van der Waals surface area contributed by atoms with Crippen molar-refractivity contribution in [2.45, 2.75) is 0 Å². The highest BCUT2D eigenvalue weighted by molar-refractivity contribution is 7.80. The summed E-state index contributed by atoms with van der Waals surface area (Å²) in [7, 11) is 0. The summed E-state index contributed by atoms with van der Waals surface area (Å²) in [5.74, 6) is -0.311. The number of thiocarbonyl (C=S) groups is 1. The fourth-order valence-corrected chi connectivity index (χ4v) is 2.09. The van der Waals surface area contributed by atoms with Crippen LogP contribution in [-0.2, 0) is 4.74 Å². The Hall–Kier alpha value is -1.57. The molecule has 0 aromatic heterocycles. The molecule has 114 valence electrons. The van der Waals surface area contributed by atoms with Crippen molar-refractivity contribution in [1.29, 1.82) is 0 Å². The maximum atomic E-state index is 13.3. The van der Waals surface area contributed by atoms with Gasteiger partial charge in [0.15, 0.2) is 5.11 Å². The number of hydrogen-bond donors (Lipinski definition) is 2. The Morgan fingerprint density at radius 2 is 2.14 bits per heavy atom. The van der Waals surface area contributed by atoms with E-state index in [2.05, 4.69) is 20.7 Å². The Bertz CT molecular complexity index is 492. The lowest BCUT2D eigenvalue weighted by Gasteiger charge is -2.26. The number of nitrogens with zero attached hydrogens (tertiary/aromatic N) is 2. The van der Waals surface area contributed by atoms with Gasteiger partial charge in [0, 0.05) is 31.7 Å². The molecule has 0 radical (unpaired) electrons. The number of nitrogens with one attached hydrogen (secondary N) is 2. The molecule has 7 heteroatoms. The molecule has 0 bridgehead atoms. The highest BCUT2D eigenvalue weighted by Crippen LogP contribution is 2.02. The molecule has 0 aliphatic carbocycles. The molecule has 5 nitrogen and oxygen atoms in total. The van der Waals surface area contributed by atoms with Gasteiger partial charge >= 0.3 is 0 Å². The third kappa shape index (κ3) is 5.74. The standard InChI is InChI=1S/C14H19FN4OS/c15-13-4-2-1-3-12(13)11-17-18-14(21)16-5-6-19-7-9-20-10-8-19/h1-4,11H,5-10H2,(H2,16,18,21)/b17-11-. The van der Waals surface area contributed by atoms with Crippen LogP contribution in [0.2, 0.25) is 0 Å². The molecule has 1 aliphatic rings. The highest BCUT2D eigenvalue weighted by atomic mass is 32.1. The average molecular weight is 310 g/mol. The Morgan fingerprint density at radius 3 is 2.90 bits per heavy atom. The molecule has 1 fully saturated rings. The largest absolute Gasteiger partial charge is 0.379 e. The number of halogens is 1. The normalized spacial score (nSPS) is 16.0. The van der Waals surface area contributed by atoms with E-state index >= 15 is 0 Å². The highest BCUT2D eigenvalue weighted by Gasteiger charge is 2.09. The Labute approximate surface area is 129 Å². The lowest BCUT2D eigenvalue weighted by atomic mass is 10.2. The van der Waals surface area contributed by atoms with E-state index in [1.54, 1.807) is 18.2 Å². The Balaban J connectivity index is 1.64. The minimum atomic E-state index is -0.311. The van der Waals surface area contributed by atoms with Crippen LogP contribution >= 0.6 is 12.2 Å². The van der Waals surface area contributed by atoms with E-state index in [1.807, 2.05) is 0 Å². The minimum absolute atomic E-state index is 0.311. The van der Waals surface area contributed by atoms with Gasteiger partial charge in [0.25, 0.3) is 0 Å². The molecule has 1 saturated heterocycles. The maximum absolute atomic E-state index is 13.3. The van der Waals surface area contributed by atoms with Crippen LogP contribution in [0.25, 0.3) is 0 Å². The Kier molecular flexibility index (Phi) is 6.52. The molecule has 1 aromatic rings. The Morgan fingerprint density at radius 1 is 1.38 bits per heavy atom. The number of ether oxygens (including phenoxy) is 1. The molecule has 2 rings (SSSR count). The fraction of sp³-hybridized carbons (Fsp3) is 0.429. The molecule has 0 atom stereocenters. The SMILES string of the molecule is Fc1ccccc1/C=N\NC(=S)NCCN1CCOCC1. The van der Waals surface area contributed by atoms with Gasteiger partial charge < -0.3 is 10.1 Å². The third-order valence-electron chi connectivity index (χ3n) is 3.09. The van der Waals surface area contributed by atoms with Crippen LogP contribution in [0.5, 0.6) is 0 Å². The zero-order valence-corrected chi connectivity index (χ0v) is 12.5. The van der Waals surface area contributed by atoms with Gasteiger partial charge in [-0.1, -0.05) is 18.2 Å². The summed E-state index contributed by atoms with van der Waals surface area (Å²) in [6, 6.07) is 6.43. The van der Waals surface area contributed by atoms with Crippen LogP contribution in [0, 0.1) is 5.82 Å². The zero-order chi connectivity index (χ0) is 14.9. The van der Waals surface area contributed by atoms with Gasteiger partial charge in [-0.3, -0.25) is 10.3 Å². The zero-order valence-electron chi connectivity index (χ0n) is 11.7. The van der Waals surface area contributed by atoms with Gasteiger partial charge in [-0.15, -0.1) is 0 Å². The van der Waals surface area contributed by atoms with Gasteiger partial charge in [0.2, 0.25) is 0 Å². The van der Waals surface area contributed by atoms with Crippen molar-refractivity contribution in [3.63, 3.8) is 0 Å². The predicted octanol–water partition coefficient (Wildman–Crippen LogP) is 0.956. The summed E-state index contributed by atoms with van der Waals surface area (Å²) in [4.78, 5) is 2.31. The second-order valence-corrected chi connectivity index (χ2v) is 5.01. The average Bonchev–Trinajstić information content (AvgIpc) is 2.50. The summed E-state index contributed by atoms with van der Waals surface area (Å²) >= 11 is 5.10. The molecular weight excluding hydrogens is 291 g/mol. The summed E-state index contributed by atoms with van der Waals surface area (Å²) in [6.45, 7) is 5.12. The van der Waals surface area contributed by atoms with E-state index in [0.717, 1.165) is 39.4 Å². The first-order valence-corrected chi connectivity index (χ1v) is 7.28. The molecule has 0 amide bonds. The molecule has 1 aromatic carbocycles. The summed E-state index contributed by atoms with van der Waals surface area (Å²) < 4.78 is 18.6. The van der Waals surface area contributed by atoms with Crippen molar-refractivity contribution in [2.24, 2.45) is 5.10 Å². The molecule has 2 N–H and O–H groups in total. The van der Waals surface area contributed by atoms with E-state index in [-0.39, 0.29) is 5.82 Å². The van der Waals surface area contributed by atoms with Crippen LogP contribution in [0.3, 0.4) is 0 Å². The lowest BCUT2D eigenvalue weighted by Crippen LogP contribution is -2.42. The van der Waals surface area contributed by atoms with Crippen molar-refractivity contribution in [3.8, 4) is 0 Å². The molecule has 0 saturated carbocycles. The van der Waals surface area contributed by atoms with Crippen LogP contribution in [0.1, 0.15) is 5.56 Å². The predicted molar refractivity (Wildman–Crippen MR) is 85.0 cm³/mol. The minimum Gasteiger partial charge on any atom is -0.379 e. The molecule has 0 spiro atoms.